The lowest BCUT2D eigenvalue weighted by Crippen LogP contribution is -2.10. The molecule has 0 aliphatic carbocycles. The summed E-state index contributed by atoms with van der Waals surface area (Å²) in [5.74, 6) is -0.0117. The van der Waals surface area contributed by atoms with E-state index in [9.17, 15) is 9.59 Å². The molecule has 29 heavy (non-hydrogen) atoms. The summed E-state index contributed by atoms with van der Waals surface area (Å²) in [5, 5.41) is 2.75. The maximum atomic E-state index is 12.1. The van der Waals surface area contributed by atoms with Gasteiger partial charge in [-0.1, -0.05) is 29.8 Å². The van der Waals surface area contributed by atoms with Gasteiger partial charge in [-0.05, 0) is 55.3 Å². The maximum absolute atomic E-state index is 12.1. The second-order valence-corrected chi connectivity index (χ2v) is 6.56. The molecule has 0 aliphatic heterocycles. The van der Waals surface area contributed by atoms with Crippen LogP contribution in [0.15, 0.2) is 66.9 Å². The van der Waals surface area contributed by atoms with Gasteiger partial charge in [0.25, 0.3) is 0 Å². The highest BCUT2D eigenvalue weighted by Gasteiger charge is 2.05. The van der Waals surface area contributed by atoms with E-state index in [4.69, 9.17) is 10.5 Å². The number of anilines is 1. The van der Waals surface area contributed by atoms with E-state index >= 15 is 0 Å². The summed E-state index contributed by atoms with van der Waals surface area (Å²) < 4.78 is 5.61. The molecule has 0 spiro atoms. The number of pyridine rings is 1. The Kier molecular flexibility index (Phi) is 6.04. The highest BCUT2D eigenvalue weighted by Crippen LogP contribution is 2.21. The van der Waals surface area contributed by atoms with E-state index in [2.05, 4.69) is 16.4 Å². The lowest BCUT2D eigenvalue weighted by atomic mass is 10.1. The van der Waals surface area contributed by atoms with Gasteiger partial charge in [0.15, 0.2) is 0 Å². The van der Waals surface area contributed by atoms with Gasteiger partial charge in [0.2, 0.25) is 17.7 Å². The molecule has 0 radical (unpaired) electrons. The molecule has 0 fully saturated rings. The van der Waals surface area contributed by atoms with Crippen LogP contribution in [-0.4, -0.2) is 16.8 Å². The van der Waals surface area contributed by atoms with Gasteiger partial charge < -0.3 is 15.8 Å². The van der Waals surface area contributed by atoms with Gasteiger partial charge in [0.1, 0.15) is 5.75 Å². The summed E-state index contributed by atoms with van der Waals surface area (Å²) in [6.07, 6.45) is 4.76. The summed E-state index contributed by atoms with van der Waals surface area (Å²) >= 11 is 0. The number of hydrogen-bond donors (Lipinski definition) is 2. The van der Waals surface area contributed by atoms with E-state index in [1.165, 1.54) is 23.9 Å². The number of rotatable bonds is 6. The van der Waals surface area contributed by atoms with Crippen LogP contribution in [0, 0.1) is 13.8 Å². The number of hydrogen-bond acceptors (Lipinski definition) is 4. The third kappa shape index (κ3) is 5.52. The molecule has 1 aromatic heterocycles. The van der Waals surface area contributed by atoms with Crippen molar-refractivity contribution in [2.45, 2.75) is 13.8 Å². The first-order chi connectivity index (χ1) is 13.9. The van der Waals surface area contributed by atoms with Crippen LogP contribution in [0.2, 0.25) is 0 Å². The minimum absolute atomic E-state index is 0.255. The Labute approximate surface area is 169 Å². The summed E-state index contributed by atoms with van der Waals surface area (Å²) in [4.78, 5) is 27.5. The Morgan fingerprint density at radius 1 is 1.07 bits per heavy atom. The maximum Gasteiger partial charge on any atom is 0.248 e. The average molecular weight is 387 g/mol. The van der Waals surface area contributed by atoms with Crippen LogP contribution >= 0.6 is 0 Å². The smallest absolute Gasteiger partial charge is 0.248 e. The Hall–Kier alpha value is -3.93. The number of nitrogens with two attached hydrogens (primary N) is 1. The number of aromatic nitrogens is 1. The fourth-order valence-electron chi connectivity index (χ4n) is 2.71. The molecule has 2 aromatic carbocycles. The molecule has 0 unspecified atom stereocenters. The molecule has 6 nitrogen and oxygen atoms in total. The standard InChI is InChI=1S/C23H21N3O3/c1-15-6-7-17(16(2)12-15)8-10-21(27)26-19-9-11-22(25-14-19)29-20-5-3-4-18(13-20)23(24)28/h3-14H,1-2H3,(H2,24,28)(H,26,27)/b10-8+. The zero-order valence-corrected chi connectivity index (χ0v) is 16.2. The van der Waals surface area contributed by atoms with E-state index in [0.717, 1.165) is 11.1 Å². The van der Waals surface area contributed by atoms with Crippen molar-refractivity contribution < 1.29 is 14.3 Å². The molecular weight excluding hydrogens is 366 g/mol. The van der Waals surface area contributed by atoms with Crippen molar-refractivity contribution in [1.82, 2.24) is 4.98 Å². The van der Waals surface area contributed by atoms with Gasteiger partial charge >= 0.3 is 0 Å². The molecule has 6 heteroatoms. The van der Waals surface area contributed by atoms with Crippen LogP contribution in [0.3, 0.4) is 0 Å². The lowest BCUT2D eigenvalue weighted by Gasteiger charge is -2.07. The Bertz CT molecular complexity index is 1070. The molecule has 3 aromatic rings. The van der Waals surface area contributed by atoms with Crippen molar-refractivity contribution in [3.05, 3.63) is 89.1 Å². The highest BCUT2D eigenvalue weighted by molar-refractivity contribution is 6.01. The molecule has 0 saturated heterocycles. The molecule has 0 atom stereocenters. The fourth-order valence-corrected chi connectivity index (χ4v) is 2.71. The number of carbonyl (C=O) groups excluding carboxylic acids is 2. The molecule has 2 amide bonds. The minimum atomic E-state index is -0.532. The summed E-state index contributed by atoms with van der Waals surface area (Å²) in [5.41, 5.74) is 9.43. The monoisotopic (exact) mass is 387 g/mol. The van der Waals surface area contributed by atoms with Crippen molar-refractivity contribution in [1.29, 1.82) is 0 Å². The molecule has 146 valence electrons. The number of benzene rings is 2. The first-order valence-corrected chi connectivity index (χ1v) is 9.01. The lowest BCUT2D eigenvalue weighted by molar-refractivity contribution is -0.111. The van der Waals surface area contributed by atoms with Crippen molar-refractivity contribution in [3.63, 3.8) is 0 Å². The molecule has 3 N–H and O–H groups in total. The first kappa shape index (κ1) is 19.8. The number of nitrogens with zero attached hydrogens (tertiary/aromatic N) is 1. The largest absolute Gasteiger partial charge is 0.439 e. The Morgan fingerprint density at radius 3 is 2.59 bits per heavy atom. The predicted molar refractivity (Wildman–Crippen MR) is 113 cm³/mol. The third-order valence-electron chi connectivity index (χ3n) is 4.18. The van der Waals surface area contributed by atoms with Crippen LogP contribution in [0.25, 0.3) is 6.08 Å². The average Bonchev–Trinajstić information content (AvgIpc) is 2.69. The van der Waals surface area contributed by atoms with E-state index < -0.39 is 5.91 Å². The van der Waals surface area contributed by atoms with Gasteiger partial charge in [-0.3, -0.25) is 9.59 Å². The summed E-state index contributed by atoms with van der Waals surface area (Å²) in [6, 6.07) is 15.9. The molecule has 1 heterocycles. The van der Waals surface area contributed by atoms with E-state index in [0.29, 0.717) is 22.9 Å². The SMILES string of the molecule is Cc1ccc(/C=C/C(=O)Nc2ccc(Oc3cccc(C(N)=O)c3)nc2)c(C)c1. The topological polar surface area (TPSA) is 94.3 Å². The second kappa shape index (κ2) is 8.84. The summed E-state index contributed by atoms with van der Waals surface area (Å²) in [7, 11) is 0. The normalized spacial score (nSPS) is 10.7. The van der Waals surface area contributed by atoms with Crippen LogP contribution in [0.5, 0.6) is 11.6 Å². The summed E-state index contributed by atoms with van der Waals surface area (Å²) in [6.45, 7) is 4.04. The van der Waals surface area contributed by atoms with Gasteiger partial charge in [-0.15, -0.1) is 0 Å². The fraction of sp³-hybridized carbons (Fsp3) is 0.0870. The van der Waals surface area contributed by atoms with Crippen LogP contribution in [-0.2, 0) is 4.79 Å². The van der Waals surface area contributed by atoms with Gasteiger partial charge in [0, 0.05) is 17.7 Å². The quantitative estimate of drug-likeness (QED) is 0.619. The van der Waals surface area contributed by atoms with Crippen LogP contribution in [0.1, 0.15) is 27.0 Å². The van der Waals surface area contributed by atoms with Crippen molar-refractivity contribution in [2.24, 2.45) is 5.73 Å². The van der Waals surface area contributed by atoms with Gasteiger partial charge in [0.05, 0.1) is 11.9 Å². The zero-order valence-electron chi connectivity index (χ0n) is 16.2. The number of primary amides is 1. The number of amides is 2. The number of ether oxygens (including phenoxy) is 1. The Balaban J connectivity index is 1.61. The van der Waals surface area contributed by atoms with Crippen molar-refractivity contribution in [3.8, 4) is 11.6 Å². The molecule has 0 bridgehead atoms. The molecule has 0 aliphatic rings. The number of nitrogens with one attached hydrogen (secondary N) is 1. The van der Waals surface area contributed by atoms with Gasteiger partial charge in [-0.25, -0.2) is 4.98 Å². The number of carbonyl (C=O) groups is 2. The molecule has 0 saturated carbocycles. The molecule has 3 rings (SSSR count). The molecular formula is C23H21N3O3. The van der Waals surface area contributed by atoms with Crippen molar-refractivity contribution in [2.75, 3.05) is 5.32 Å². The Morgan fingerprint density at radius 2 is 1.90 bits per heavy atom. The van der Waals surface area contributed by atoms with Crippen molar-refractivity contribution >= 4 is 23.6 Å². The third-order valence-corrected chi connectivity index (χ3v) is 4.18. The zero-order chi connectivity index (χ0) is 20.8. The van der Waals surface area contributed by atoms with Crippen LogP contribution < -0.4 is 15.8 Å². The minimum Gasteiger partial charge on any atom is -0.439 e. The van der Waals surface area contributed by atoms with E-state index in [1.54, 1.807) is 36.4 Å². The van der Waals surface area contributed by atoms with Crippen LogP contribution in [0.4, 0.5) is 5.69 Å². The predicted octanol–water partition coefficient (Wildman–Crippen LogP) is 4.24. The van der Waals surface area contributed by atoms with Gasteiger partial charge in [-0.2, -0.15) is 0 Å². The second-order valence-electron chi connectivity index (χ2n) is 6.56. The first-order valence-electron chi connectivity index (χ1n) is 9.01. The highest BCUT2D eigenvalue weighted by atomic mass is 16.5. The number of aryl methyl sites for hydroxylation is 2. The van der Waals surface area contributed by atoms with E-state index in [1.807, 2.05) is 26.0 Å². The van der Waals surface area contributed by atoms with E-state index in [-0.39, 0.29) is 5.91 Å².